The molecule has 3 rings (SSSR count). The number of carboxylic acids is 1. The zero-order valence-corrected chi connectivity index (χ0v) is 15.3. The molecule has 1 aliphatic rings. The molecule has 0 bridgehead atoms. The minimum absolute atomic E-state index is 0.388. The Morgan fingerprint density at radius 2 is 1.96 bits per heavy atom. The molecule has 0 saturated heterocycles. The largest absolute Gasteiger partial charge is 0.478 e. The van der Waals surface area contributed by atoms with E-state index in [0.29, 0.717) is 22.1 Å². The summed E-state index contributed by atoms with van der Waals surface area (Å²) < 4.78 is 5.53. The Morgan fingerprint density at radius 3 is 2.65 bits per heavy atom. The number of hydrogen-bond acceptors (Lipinski definition) is 6. The van der Waals surface area contributed by atoms with Gasteiger partial charge in [0.05, 0.1) is 5.69 Å². The van der Waals surface area contributed by atoms with Crippen molar-refractivity contribution in [2.45, 2.75) is 36.3 Å². The van der Waals surface area contributed by atoms with Crippen LogP contribution in [0.25, 0.3) is 6.08 Å². The Labute approximate surface area is 154 Å². The lowest BCUT2D eigenvalue weighted by Gasteiger charge is -2.31. The molecular formula is C18H17N3O4S. The minimum atomic E-state index is -1.04. The first-order valence-electron chi connectivity index (χ1n) is 7.81. The van der Waals surface area contributed by atoms with Gasteiger partial charge in [-0.3, -0.25) is 0 Å². The Morgan fingerprint density at radius 1 is 1.23 bits per heavy atom. The smallest absolute Gasteiger partial charge is 0.420 e. The van der Waals surface area contributed by atoms with Crippen molar-refractivity contribution in [2.24, 2.45) is 0 Å². The highest BCUT2D eigenvalue weighted by Crippen LogP contribution is 2.46. The van der Waals surface area contributed by atoms with E-state index in [1.807, 2.05) is 6.07 Å². The van der Waals surface area contributed by atoms with Crippen LogP contribution in [-0.4, -0.2) is 32.7 Å². The Balaban J connectivity index is 2.08. The van der Waals surface area contributed by atoms with Crippen molar-refractivity contribution < 1.29 is 19.4 Å². The van der Waals surface area contributed by atoms with E-state index in [4.69, 9.17) is 9.84 Å². The molecule has 1 aromatic carbocycles. The van der Waals surface area contributed by atoms with Crippen molar-refractivity contribution in [3.63, 3.8) is 0 Å². The molecule has 0 aliphatic carbocycles. The molecule has 1 N–H and O–H groups in total. The fourth-order valence-corrected chi connectivity index (χ4v) is 3.27. The van der Waals surface area contributed by atoms with Gasteiger partial charge in [-0.25, -0.2) is 24.5 Å². The molecule has 1 amide bonds. The number of anilines is 2. The molecule has 0 saturated carbocycles. The maximum Gasteiger partial charge on any atom is 0.420 e. The van der Waals surface area contributed by atoms with Crippen molar-refractivity contribution in [1.82, 2.24) is 9.97 Å². The van der Waals surface area contributed by atoms with Gasteiger partial charge in [0.1, 0.15) is 10.6 Å². The average Bonchev–Trinajstić information content (AvgIpc) is 2.56. The first-order chi connectivity index (χ1) is 12.2. The van der Waals surface area contributed by atoms with Crippen LogP contribution < -0.4 is 4.90 Å². The van der Waals surface area contributed by atoms with Gasteiger partial charge in [0.2, 0.25) is 0 Å². The van der Waals surface area contributed by atoms with Crippen LogP contribution in [0.5, 0.6) is 0 Å². The van der Waals surface area contributed by atoms with Gasteiger partial charge in [0.15, 0.2) is 5.82 Å². The van der Waals surface area contributed by atoms with E-state index in [1.165, 1.54) is 28.9 Å². The summed E-state index contributed by atoms with van der Waals surface area (Å²) in [7, 11) is 0. The van der Waals surface area contributed by atoms with E-state index >= 15 is 0 Å². The van der Waals surface area contributed by atoms with E-state index in [2.05, 4.69) is 9.97 Å². The molecule has 0 unspecified atom stereocenters. The van der Waals surface area contributed by atoms with Crippen molar-refractivity contribution in [3.8, 4) is 0 Å². The highest BCUT2D eigenvalue weighted by molar-refractivity contribution is 7.99. The summed E-state index contributed by atoms with van der Waals surface area (Å²) in [6, 6.07) is 5.32. The predicted molar refractivity (Wildman–Crippen MR) is 97.6 cm³/mol. The maximum atomic E-state index is 12.8. The summed E-state index contributed by atoms with van der Waals surface area (Å²) in [5, 5.41) is 9.41. The molecule has 26 heavy (non-hydrogen) atoms. The zero-order valence-electron chi connectivity index (χ0n) is 14.5. The molecule has 2 heterocycles. The molecule has 0 fully saturated rings. The number of benzene rings is 1. The van der Waals surface area contributed by atoms with E-state index in [-0.39, 0.29) is 0 Å². The van der Waals surface area contributed by atoms with Gasteiger partial charge in [-0.05, 0) is 44.5 Å². The van der Waals surface area contributed by atoms with E-state index in [1.54, 1.807) is 39.1 Å². The number of ether oxygens (including phenoxy) is 1. The van der Waals surface area contributed by atoms with Gasteiger partial charge in [0.25, 0.3) is 0 Å². The molecule has 8 heteroatoms. The molecule has 0 radical (unpaired) electrons. The lowest BCUT2D eigenvalue weighted by Crippen LogP contribution is -2.35. The lowest BCUT2D eigenvalue weighted by molar-refractivity contribution is -0.131. The van der Waals surface area contributed by atoms with Gasteiger partial charge in [-0.1, -0.05) is 17.8 Å². The van der Waals surface area contributed by atoms with Crippen LogP contribution in [0.1, 0.15) is 26.3 Å². The quantitative estimate of drug-likeness (QED) is 0.794. The van der Waals surface area contributed by atoms with Crippen molar-refractivity contribution >= 4 is 41.4 Å². The van der Waals surface area contributed by atoms with Gasteiger partial charge in [-0.15, -0.1) is 0 Å². The monoisotopic (exact) mass is 371 g/mol. The zero-order chi connectivity index (χ0) is 18.9. The second-order valence-corrected chi connectivity index (χ2v) is 7.53. The third kappa shape index (κ3) is 3.85. The normalized spacial score (nSPS) is 13.3. The number of carbonyl (C=O) groups is 2. The van der Waals surface area contributed by atoms with Crippen molar-refractivity contribution in [2.75, 3.05) is 4.90 Å². The first kappa shape index (κ1) is 17.9. The molecule has 0 atom stereocenters. The molecule has 1 aliphatic heterocycles. The maximum absolute atomic E-state index is 12.8. The third-order valence-corrected chi connectivity index (χ3v) is 4.33. The number of carbonyl (C=O) groups excluding carboxylic acids is 1. The minimum Gasteiger partial charge on any atom is -0.478 e. The number of hydrogen-bond donors (Lipinski definition) is 1. The number of nitrogens with zero attached hydrogens (tertiary/aromatic N) is 3. The summed E-state index contributed by atoms with van der Waals surface area (Å²) in [5.74, 6) is -0.657. The summed E-state index contributed by atoms with van der Waals surface area (Å²) in [5.41, 5.74) is 0.544. The van der Waals surface area contributed by atoms with Crippen molar-refractivity contribution in [3.05, 3.63) is 42.2 Å². The predicted octanol–water partition coefficient (Wildman–Crippen LogP) is 4.11. The first-order valence-corrected chi connectivity index (χ1v) is 8.63. The van der Waals surface area contributed by atoms with E-state index in [9.17, 15) is 9.59 Å². The van der Waals surface area contributed by atoms with Crippen LogP contribution in [-0.2, 0) is 9.53 Å². The number of fused-ring (bicyclic) bond motifs is 2. The number of aromatic nitrogens is 2. The molecule has 2 aromatic rings. The SMILES string of the molecule is CC(C)(C)OC(=O)N1c2cc(/C=C/C(=O)O)ccc2Sc2nccnc21. The van der Waals surface area contributed by atoms with Crippen molar-refractivity contribution in [1.29, 1.82) is 0 Å². The Bertz CT molecular complexity index is 906. The van der Waals surface area contributed by atoms with Crippen LogP contribution in [0.4, 0.5) is 16.3 Å². The average molecular weight is 371 g/mol. The van der Waals surface area contributed by atoms with Gasteiger partial charge in [0, 0.05) is 23.4 Å². The third-order valence-electron chi connectivity index (χ3n) is 3.28. The van der Waals surface area contributed by atoms with Crippen LogP contribution >= 0.6 is 11.8 Å². The highest BCUT2D eigenvalue weighted by Gasteiger charge is 2.33. The lowest BCUT2D eigenvalue weighted by atomic mass is 10.1. The second-order valence-electron chi connectivity index (χ2n) is 6.50. The number of rotatable bonds is 2. The molecule has 0 spiro atoms. The summed E-state index contributed by atoms with van der Waals surface area (Å²) in [6.07, 6.45) is 5.01. The summed E-state index contributed by atoms with van der Waals surface area (Å²) in [6.45, 7) is 5.36. The van der Waals surface area contributed by atoms with Gasteiger partial charge in [-0.2, -0.15) is 0 Å². The number of amides is 1. The fraction of sp³-hybridized carbons (Fsp3) is 0.222. The summed E-state index contributed by atoms with van der Waals surface area (Å²) >= 11 is 1.39. The van der Waals surface area contributed by atoms with Gasteiger partial charge >= 0.3 is 12.1 Å². The summed E-state index contributed by atoms with van der Waals surface area (Å²) in [4.78, 5) is 34.3. The number of carboxylic acid groups (broad SMARTS) is 1. The fourth-order valence-electron chi connectivity index (χ4n) is 2.32. The standard InChI is InChI=1S/C18H17N3O4S/c1-18(2,3)25-17(24)21-12-10-11(5-7-14(22)23)4-6-13(12)26-16-15(21)19-8-9-20-16/h4-10H,1-3H3,(H,22,23)/b7-5+. The topological polar surface area (TPSA) is 92.6 Å². The Hall–Kier alpha value is -2.87. The van der Waals surface area contributed by atoms with Crippen LogP contribution in [0, 0.1) is 0 Å². The van der Waals surface area contributed by atoms with Crippen LogP contribution in [0.15, 0.2) is 46.6 Å². The molecule has 1 aromatic heterocycles. The molecular weight excluding hydrogens is 354 g/mol. The Kier molecular flexibility index (Phi) is 4.69. The molecule has 7 nitrogen and oxygen atoms in total. The highest BCUT2D eigenvalue weighted by atomic mass is 32.2. The second kappa shape index (κ2) is 6.80. The van der Waals surface area contributed by atoms with Crippen LogP contribution in [0.3, 0.4) is 0 Å². The van der Waals surface area contributed by atoms with E-state index in [0.717, 1.165) is 11.0 Å². The van der Waals surface area contributed by atoms with Crippen LogP contribution in [0.2, 0.25) is 0 Å². The molecule has 134 valence electrons. The van der Waals surface area contributed by atoms with E-state index < -0.39 is 17.7 Å². The van der Waals surface area contributed by atoms with Gasteiger partial charge < -0.3 is 9.84 Å². The number of aliphatic carboxylic acids is 1.